The molecule has 3 aromatic heterocycles. The van der Waals surface area contributed by atoms with Gasteiger partial charge >= 0.3 is 0 Å². The predicted octanol–water partition coefficient (Wildman–Crippen LogP) is 3.13. The number of nitrogens with two attached hydrogens (primary N) is 1. The molecule has 1 spiro atoms. The molecule has 0 radical (unpaired) electrons. The molecule has 5 rings (SSSR count). The number of likely N-dealkylation sites (tertiary alicyclic amines) is 1. The Bertz CT molecular complexity index is 1170. The molecule has 8 heteroatoms. The minimum atomic E-state index is 0.0327. The Hall–Kier alpha value is -3.55. The number of allylic oxidation sites excluding steroid dienone is 2. The molecule has 1 amide bonds. The van der Waals surface area contributed by atoms with Gasteiger partial charge in [0.15, 0.2) is 5.82 Å². The van der Waals surface area contributed by atoms with E-state index in [1.165, 1.54) is 11.6 Å². The highest BCUT2D eigenvalue weighted by Gasteiger charge is 2.37. The molecule has 0 atom stereocenters. The molecular weight excluding hydrogens is 390 g/mol. The molecule has 4 heterocycles. The number of hydrogen-bond acceptors (Lipinski definition) is 6. The van der Waals surface area contributed by atoms with Crippen molar-refractivity contribution < 1.29 is 4.79 Å². The molecule has 158 valence electrons. The normalized spacial score (nSPS) is 18.2. The smallest absolute Gasteiger partial charge is 0.245 e. The van der Waals surface area contributed by atoms with Crippen LogP contribution in [0, 0.1) is 5.41 Å². The fraction of sp³-hybridized carbons (Fsp3) is 0.348. The second kappa shape index (κ2) is 7.61. The third-order valence-corrected chi connectivity index (χ3v) is 6.68. The number of anilines is 1. The van der Waals surface area contributed by atoms with Crippen LogP contribution >= 0.6 is 0 Å². The summed E-state index contributed by atoms with van der Waals surface area (Å²) >= 11 is 0. The molecule has 2 aliphatic rings. The van der Waals surface area contributed by atoms with Gasteiger partial charge in [0, 0.05) is 37.9 Å². The van der Waals surface area contributed by atoms with E-state index in [0.29, 0.717) is 11.6 Å². The molecule has 8 nitrogen and oxygen atoms in total. The SMILES string of the molecule is C=CC(=O)N1CCC2(CC=C(c3nn4ccnc(N)c4c3-c3ncccn3)CC2)CC1. The highest BCUT2D eigenvalue weighted by molar-refractivity contribution is 5.92. The van der Waals surface area contributed by atoms with Crippen molar-refractivity contribution in [1.29, 1.82) is 0 Å². The van der Waals surface area contributed by atoms with Crippen molar-refractivity contribution >= 4 is 22.8 Å². The first-order chi connectivity index (χ1) is 15.1. The van der Waals surface area contributed by atoms with Crippen molar-refractivity contribution in [2.45, 2.75) is 32.1 Å². The van der Waals surface area contributed by atoms with E-state index < -0.39 is 0 Å². The molecule has 2 N–H and O–H groups in total. The topological polar surface area (TPSA) is 102 Å². The first-order valence-corrected chi connectivity index (χ1v) is 10.6. The van der Waals surface area contributed by atoms with E-state index >= 15 is 0 Å². The van der Waals surface area contributed by atoms with Crippen LogP contribution in [0.2, 0.25) is 0 Å². The third-order valence-electron chi connectivity index (χ3n) is 6.68. The number of aromatic nitrogens is 5. The summed E-state index contributed by atoms with van der Waals surface area (Å²) in [5.74, 6) is 1.05. The zero-order valence-corrected chi connectivity index (χ0v) is 17.4. The maximum absolute atomic E-state index is 11.9. The van der Waals surface area contributed by atoms with Crippen molar-refractivity contribution in [2.24, 2.45) is 5.41 Å². The summed E-state index contributed by atoms with van der Waals surface area (Å²) in [5.41, 5.74) is 10.1. The minimum absolute atomic E-state index is 0.0327. The Morgan fingerprint density at radius 2 is 1.90 bits per heavy atom. The first-order valence-electron chi connectivity index (χ1n) is 10.6. The predicted molar refractivity (Wildman–Crippen MR) is 119 cm³/mol. The van der Waals surface area contributed by atoms with Crippen molar-refractivity contribution in [3.8, 4) is 11.4 Å². The molecular formula is C23H25N7O. The average Bonchev–Trinajstić information content (AvgIpc) is 3.21. The minimum Gasteiger partial charge on any atom is -0.382 e. The van der Waals surface area contributed by atoms with E-state index in [1.54, 1.807) is 35.4 Å². The Balaban J connectivity index is 1.48. The lowest BCUT2D eigenvalue weighted by molar-refractivity contribution is -0.128. The van der Waals surface area contributed by atoms with Gasteiger partial charge in [0.25, 0.3) is 0 Å². The van der Waals surface area contributed by atoms with E-state index in [9.17, 15) is 4.79 Å². The summed E-state index contributed by atoms with van der Waals surface area (Å²) < 4.78 is 1.77. The summed E-state index contributed by atoms with van der Waals surface area (Å²) in [7, 11) is 0. The van der Waals surface area contributed by atoms with Crippen LogP contribution in [-0.4, -0.2) is 48.5 Å². The molecule has 0 unspecified atom stereocenters. The van der Waals surface area contributed by atoms with Gasteiger partial charge in [-0.05, 0) is 55.2 Å². The lowest BCUT2D eigenvalue weighted by atomic mass is 9.68. The van der Waals surface area contributed by atoms with Crippen LogP contribution in [0.5, 0.6) is 0 Å². The zero-order valence-electron chi connectivity index (χ0n) is 17.4. The lowest BCUT2D eigenvalue weighted by Gasteiger charge is -2.43. The number of rotatable bonds is 3. The maximum Gasteiger partial charge on any atom is 0.245 e. The van der Waals surface area contributed by atoms with E-state index in [1.807, 2.05) is 4.90 Å². The van der Waals surface area contributed by atoms with Crippen LogP contribution in [0.1, 0.15) is 37.8 Å². The molecule has 3 aromatic rings. The van der Waals surface area contributed by atoms with Gasteiger partial charge < -0.3 is 10.6 Å². The molecule has 0 bridgehead atoms. The van der Waals surface area contributed by atoms with Gasteiger partial charge in [-0.1, -0.05) is 12.7 Å². The van der Waals surface area contributed by atoms with Gasteiger partial charge in [-0.3, -0.25) is 4.79 Å². The summed E-state index contributed by atoms with van der Waals surface area (Å²) in [5, 5.41) is 4.84. The number of nitrogens with zero attached hydrogens (tertiary/aromatic N) is 6. The largest absolute Gasteiger partial charge is 0.382 e. The molecule has 1 aliphatic carbocycles. The molecule has 1 saturated heterocycles. The fourth-order valence-electron chi connectivity index (χ4n) is 4.83. The van der Waals surface area contributed by atoms with Crippen LogP contribution in [0.15, 0.2) is 49.6 Å². The van der Waals surface area contributed by atoms with Crippen LogP contribution < -0.4 is 5.73 Å². The van der Waals surface area contributed by atoms with Gasteiger partial charge in [0.1, 0.15) is 17.0 Å². The summed E-state index contributed by atoms with van der Waals surface area (Å²) in [6.45, 7) is 5.21. The highest BCUT2D eigenvalue weighted by Crippen LogP contribution is 2.47. The monoisotopic (exact) mass is 415 g/mol. The summed E-state index contributed by atoms with van der Waals surface area (Å²) in [6, 6.07) is 1.80. The Kier molecular flexibility index (Phi) is 4.77. The van der Waals surface area contributed by atoms with Crippen molar-refractivity contribution in [2.75, 3.05) is 18.8 Å². The van der Waals surface area contributed by atoms with Crippen LogP contribution in [0.3, 0.4) is 0 Å². The standard InChI is InChI=1S/C23H25N7O/c1-2-17(31)29-13-8-23(9-14-29)6-4-16(5-7-23)19-18(22-26-10-3-11-27-22)20-21(24)25-12-15-30(20)28-19/h2-4,10-12,15H,1,5-9,13-14H2,(H2,24,25). The van der Waals surface area contributed by atoms with Gasteiger partial charge in [0.2, 0.25) is 5.91 Å². The molecule has 1 aliphatic heterocycles. The van der Waals surface area contributed by atoms with Gasteiger partial charge in [-0.2, -0.15) is 5.10 Å². The van der Waals surface area contributed by atoms with Crippen molar-refractivity contribution in [3.63, 3.8) is 0 Å². The fourth-order valence-corrected chi connectivity index (χ4v) is 4.83. The van der Waals surface area contributed by atoms with Gasteiger partial charge in [-0.25, -0.2) is 19.5 Å². The highest BCUT2D eigenvalue weighted by atomic mass is 16.2. The van der Waals surface area contributed by atoms with E-state index in [-0.39, 0.29) is 11.3 Å². The number of piperidine rings is 1. The van der Waals surface area contributed by atoms with E-state index in [0.717, 1.165) is 62.0 Å². The van der Waals surface area contributed by atoms with Crippen molar-refractivity contribution in [1.82, 2.24) is 29.5 Å². The Morgan fingerprint density at radius 1 is 1.13 bits per heavy atom. The second-order valence-corrected chi connectivity index (χ2v) is 8.36. The number of carbonyl (C=O) groups excluding carboxylic acids is 1. The van der Waals surface area contributed by atoms with Gasteiger partial charge in [0.05, 0.1) is 5.56 Å². The zero-order chi connectivity index (χ0) is 21.4. The van der Waals surface area contributed by atoms with Crippen LogP contribution in [0.4, 0.5) is 5.82 Å². The van der Waals surface area contributed by atoms with Crippen molar-refractivity contribution in [3.05, 3.63) is 55.3 Å². The third kappa shape index (κ3) is 3.37. The summed E-state index contributed by atoms with van der Waals surface area (Å²) in [4.78, 5) is 27.0. The quantitative estimate of drug-likeness (QED) is 0.660. The van der Waals surface area contributed by atoms with Crippen LogP contribution in [-0.2, 0) is 4.79 Å². The number of fused-ring (bicyclic) bond motifs is 1. The molecule has 1 fully saturated rings. The number of carbonyl (C=O) groups is 1. The molecule has 31 heavy (non-hydrogen) atoms. The number of nitrogen functional groups attached to an aromatic ring is 1. The first kappa shape index (κ1) is 19.4. The Labute approximate surface area is 180 Å². The van der Waals surface area contributed by atoms with E-state index in [4.69, 9.17) is 10.8 Å². The summed E-state index contributed by atoms with van der Waals surface area (Å²) in [6.07, 6.45) is 15.7. The molecule has 0 aromatic carbocycles. The van der Waals surface area contributed by atoms with Gasteiger partial charge in [-0.15, -0.1) is 0 Å². The van der Waals surface area contributed by atoms with E-state index in [2.05, 4.69) is 27.6 Å². The number of hydrogen-bond donors (Lipinski definition) is 1. The second-order valence-electron chi connectivity index (χ2n) is 8.36. The Morgan fingerprint density at radius 3 is 2.58 bits per heavy atom. The maximum atomic E-state index is 11.9. The average molecular weight is 416 g/mol. The number of amides is 1. The lowest BCUT2D eigenvalue weighted by Crippen LogP contribution is -2.43. The molecule has 0 saturated carbocycles. The van der Waals surface area contributed by atoms with Crippen LogP contribution in [0.25, 0.3) is 22.5 Å².